The lowest BCUT2D eigenvalue weighted by molar-refractivity contribution is 0.145. The lowest BCUT2D eigenvalue weighted by Gasteiger charge is -2.12. The highest BCUT2D eigenvalue weighted by Gasteiger charge is 2.04. The first kappa shape index (κ1) is 19.7. The van der Waals surface area contributed by atoms with Crippen LogP contribution < -0.4 is 15.4 Å². The van der Waals surface area contributed by atoms with Crippen LogP contribution in [0.3, 0.4) is 0 Å². The number of guanidine groups is 1. The number of nitrogens with one attached hydrogen (secondary N) is 2. The third-order valence-electron chi connectivity index (χ3n) is 3.76. The summed E-state index contributed by atoms with van der Waals surface area (Å²) < 4.78 is 12.4. The summed E-state index contributed by atoms with van der Waals surface area (Å²) in [4.78, 5) is 4.65. The Labute approximate surface area is 154 Å². The minimum absolute atomic E-state index is 0.552. The van der Waals surface area contributed by atoms with Gasteiger partial charge in [0.1, 0.15) is 12.1 Å². The van der Waals surface area contributed by atoms with Crippen molar-refractivity contribution in [3.63, 3.8) is 0 Å². The number of aromatic nitrogens is 3. The highest BCUT2D eigenvalue weighted by Crippen LogP contribution is 2.11. The zero-order chi connectivity index (χ0) is 18.6. The molecule has 2 rings (SSSR count). The molecular formula is C18H28N6O2. The number of hydrogen-bond acceptors (Lipinski definition) is 5. The van der Waals surface area contributed by atoms with Gasteiger partial charge in [-0.05, 0) is 31.0 Å². The highest BCUT2D eigenvalue weighted by molar-refractivity contribution is 5.79. The van der Waals surface area contributed by atoms with Gasteiger partial charge in [0.2, 0.25) is 0 Å². The van der Waals surface area contributed by atoms with E-state index in [4.69, 9.17) is 9.47 Å². The van der Waals surface area contributed by atoms with Crippen molar-refractivity contribution in [1.82, 2.24) is 25.4 Å². The van der Waals surface area contributed by atoms with Gasteiger partial charge in [0.25, 0.3) is 0 Å². The molecule has 0 spiro atoms. The number of methoxy groups -OCH3 is 1. The van der Waals surface area contributed by atoms with Crippen molar-refractivity contribution in [2.24, 2.45) is 12.0 Å². The predicted molar refractivity (Wildman–Crippen MR) is 101 cm³/mol. The Morgan fingerprint density at radius 2 is 2.04 bits per heavy atom. The molecule has 2 N–H and O–H groups in total. The van der Waals surface area contributed by atoms with Crippen LogP contribution in [0.2, 0.25) is 0 Å². The van der Waals surface area contributed by atoms with Crippen LogP contribution in [-0.4, -0.2) is 47.6 Å². The van der Waals surface area contributed by atoms with Crippen molar-refractivity contribution < 1.29 is 9.47 Å². The summed E-state index contributed by atoms with van der Waals surface area (Å²) in [5.74, 6) is 2.42. The summed E-state index contributed by atoms with van der Waals surface area (Å²) >= 11 is 0. The van der Waals surface area contributed by atoms with Gasteiger partial charge in [0.05, 0.1) is 20.2 Å². The topological polar surface area (TPSA) is 85.6 Å². The van der Waals surface area contributed by atoms with E-state index in [0.29, 0.717) is 13.1 Å². The highest BCUT2D eigenvalue weighted by atomic mass is 16.5. The maximum absolute atomic E-state index is 5.37. The van der Waals surface area contributed by atoms with Crippen LogP contribution in [0.1, 0.15) is 24.7 Å². The minimum Gasteiger partial charge on any atom is -0.497 e. The first-order valence-electron chi connectivity index (χ1n) is 8.78. The average Bonchev–Trinajstić information content (AvgIpc) is 3.08. The summed E-state index contributed by atoms with van der Waals surface area (Å²) in [6.45, 7) is 5.38. The average molecular weight is 360 g/mol. The van der Waals surface area contributed by atoms with Crippen molar-refractivity contribution in [2.75, 3.05) is 26.9 Å². The fourth-order valence-corrected chi connectivity index (χ4v) is 2.23. The van der Waals surface area contributed by atoms with Crippen molar-refractivity contribution in [1.29, 1.82) is 0 Å². The Hall–Kier alpha value is -2.61. The molecule has 1 aromatic carbocycles. The van der Waals surface area contributed by atoms with Crippen molar-refractivity contribution in [2.45, 2.75) is 26.4 Å². The first-order valence-corrected chi connectivity index (χ1v) is 8.78. The van der Waals surface area contributed by atoms with Crippen molar-refractivity contribution >= 4 is 5.96 Å². The quantitative estimate of drug-likeness (QED) is 0.379. The SMILES string of the molecule is CCOCCCNC(=NCc1ccc(OC)cc1)NCc1nncn1C. The molecule has 0 aliphatic rings. The van der Waals surface area contributed by atoms with E-state index in [1.54, 1.807) is 13.4 Å². The summed E-state index contributed by atoms with van der Waals surface area (Å²) in [6.07, 6.45) is 2.60. The summed E-state index contributed by atoms with van der Waals surface area (Å²) in [7, 11) is 3.58. The summed E-state index contributed by atoms with van der Waals surface area (Å²) in [6, 6.07) is 7.90. The van der Waals surface area contributed by atoms with Crippen LogP contribution in [0.5, 0.6) is 5.75 Å². The molecule has 0 aliphatic heterocycles. The van der Waals surface area contributed by atoms with Gasteiger partial charge in [0.15, 0.2) is 11.8 Å². The van der Waals surface area contributed by atoms with E-state index in [1.165, 1.54) is 0 Å². The Morgan fingerprint density at radius 1 is 1.23 bits per heavy atom. The maximum Gasteiger partial charge on any atom is 0.191 e. The van der Waals surface area contributed by atoms with E-state index >= 15 is 0 Å². The van der Waals surface area contributed by atoms with E-state index < -0.39 is 0 Å². The van der Waals surface area contributed by atoms with E-state index in [2.05, 4.69) is 25.8 Å². The number of rotatable bonds is 10. The van der Waals surface area contributed by atoms with Gasteiger partial charge in [-0.2, -0.15) is 0 Å². The monoisotopic (exact) mass is 360 g/mol. The van der Waals surface area contributed by atoms with E-state index in [-0.39, 0.29) is 0 Å². The molecule has 0 atom stereocenters. The molecule has 8 heteroatoms. The van der Waals surface area contributed by atoms with E-state index in [1.807, 2.05) is 42.8 Å². The van der Waals surface area contributed by atoms with Gasteiger partial charge in [-0.25, -0.2) is 4.99 Å². The van der Waals surface area contributed by atoms with Gasteiger partial charge in [-0.1, -0.05) is 12.1 Å². The Morgan fingerprint density at radius 3 is 2.69 bits per heavy atom. The van der Waals surface area contributed by atoms with Crippen LogP contribution in [0.15, 0.2) is 35.6 Å². The lowest BCUT2D eigenvalue weighted by Crippen LogP contribution is -2.38. The summed E-state index contributed by atoms with van der Waals surface area (Å²) in [5.41, 5.74) is 1.11. The molecule has 0 amide bonds. The van der Waals surface area contributed by atoms with Crippen molar-refractivity contribution in [3.8, 4) is 5.75 Å². The smallest absolute Gasteiger partial charge is 0.191 e. The molecule has 0 radical (unpaired) electrons. The molecule has 2 aromatic rings. The molecule has 1 heterocycles. The normalized spacial score (nSPS) is 11.4. The molecule has 0 bridgehead atoms. The van der Waals surface area contributed by atoms with Gasteiger partial charge >= 0.3 is 0 Å². The Kier molecular flexibility index (Phi) is 8.41. The Balaban J connectivity index is 1.92. The van der Waals surface area contributed by atoms with Crippen LogP contribution >= 0.6 is 0 Å². The van der Waals surface area contributed by atoms with Gasteiger partial charge < -0.3 is 24.7 Å². The Bertz CT molecular complexity index is 669. The van der Waals surface area contributed by atoms with E-state index in [0.717, 1.165) is 49.3 Å². The number of ether oxygens (including phenoxy) is 2. The molecule has 0 unspecified atom stereocenters. The second-order valence-electron chi connectivity index (χ2n) is 5.70. The second-order valence-corrected chi connectivity index (χ2v) is 5.70. The van der Waals surface area contributed by atoms with Crippen LogP contribution in [-0.2, 0) is 24.9 Å². The number of benzene rings is 1. The molecule has 26 heavy (non-hydrogen) atoms. The molecule has 142 valence electrons. The predicted octanol–water partition coefficient (Wildman–Crippen LogP) is 1.49. The molecule has 8 nitrogen and oxygen atoms in total. The standard InChI is InChI=1S/C18H28N6O2/c1-4-26-11-5-10-19-18(21-13-17-23-22-14-24(17)2)20-12-15-6-8-16(25-3)9-7-15/h6-9,14H,4-5,10-13H2,1-3H3,(H2,19,20,21). The molecule has 1 aromatic heterocycles. The van der Waals surface area contributed by atoms with Gasteiger partial charge in [0, 0.05) is 26.8 Å². The van der Waals surface area contributed by atoms with Gasteiger partial charge in [-0.15, -0.1) is 10.2 Å². The number of aliphatic imine (C=N–C) groups is 1. The zero-order valence-corrected chi connectivity index (χ0v) is 15.7. The molecule has 0 saturated carbocycles. The molecule has 0 fully saturated rings. The number of nitrogens with zero attached hydrogens (tertiary/aromatic N) is 4. The fourth-order valence-electron chi connectivity index (χ4n) is 2.23. The van der Waals surface area contributed by atoms with Gasteiger partial charge in [-0.3, -0.25) is 0 Å². The van der Waals surface area contributed by atoms with Crippen LogP contribution in [0, 0.1) is 0 Å². The lowest BCUT2D eigenvalue weighted by atomic mass is 10.2. The molecule has 0 aliphatic carbocycles. The van der Waals surface area contributed by atoms with Crippen LogP contribution in [0.4, 0.5) is 0 Å². The summed E-state index contributed by atoms with van der Waals surface area (Å²) in [5, 5.41) is 14.6. The van der Waals surface area contributed by atoms with Crippen LogP contribution in [0.25, 0.3) is 0 Å². The largest absolute Gasteiger partial charge is 0.497 e. The number of aryl methyl sites for hydroxylation is 1. The number of hydrogen-bond donors (Lipinski definition) is 2. The fraction of sp³-hybridized carbons (Fsp3) is 0.500. The van der Waals surface area contributed by atoms with Crippen molar-refractivity contribution in [3.05, 3.63) is 42.0 Å². The molecular weight excluding hydrogens is 332 g/mol. The van der Waals surface area contributed by atoms with E-state index in [9.17, 15) is 0 Å². The third-order valence-corrected chi connectivity index (χ3v) is 3.76. The minimum atomic E-state index is 0.552. The third kappa shape index (κ3) is 6.72. The maximum atomic E-state index is 5.37. The molecule has 0 saturated heterocycles. The zero-order valence-electron chi connectivity index (χ0n) is 15.7. The first-order chi connectivity index (χ1) is 12.7. The second kappa shape index (κ2) is 11.1.